The van der Waals surface area contributed by atoms with Crippen LogP contribution in [0.3, 0.4) is 0 Å². The number of aryl methyl sites for hydroxylation is 2. The molecule has 226 valence electrons. The quantitative estimate of drug-likeness (QED) is 0.203. The molecule has 1 aromatic rings. The SMILES string of the molecule is CCCC(CC1CC(=O)c2c(C)c(CCCC(C)(C)C)cc(CCCC(C)(C)C)c2C1)C(CC)C(=O)CC(C)=O. The van der Waals surface area contributed by atoms with Crippen molar-refractivity contribution in [1.29, 1.82) is 0 Å². The molecule has 0 saturated carbocycles. The van der Waals surface area contributed by atoms with Gasteiger partial charge >= 0.3 is 0 Å². The highest BCUT2D eigenvalue weighted by Crippen LogP contribution is 2.39. The maximum absolute atomic E-state index is 13.8. The number of ketones is 3. The molecule has 0 spiro atoms. The lowest BCUT2D eigenvalue weighted by Crippen LogP contribution is -2.30. The normalized spacial score (nSPS) is 17.4. The first kappa shape index (κ1) is 34.4. The van der Waals surface area contributed by atoms with Crippen molar-refractivity contribution in [2.75, 3.05) is 0 Å². The van der Waals surface area contributed by atoms with Crippen LogP contribution in [0.2, 0.25) is 0 Å². The summed E-state index contributed by atoms with van der Waals surface area (Å²) in [5.41, 5.74) is 6.89. The van der Waals surface area contributed by atoms with Crippen molar-refractivity contribution < 1.29 is 14.4 Å². The summed E-state index contributed by atoms with van der Waals surface area (Å²) in [7, 11) is 0. The standard InChI is InChI=1S/C37H60O3/c1-11-15-29(31(12-2)33(39)20-25(3)38)21-27-22-32-30(17-14-19-37(8,9)10)24-28(16-13-18-36(5,6)7)26(4)35(32)34(40)23-27/h24,27,29,31H,11-23H2,1-10H3. The van der Waals surface area contributed by atoms with Crippen molar-refractivity contribution in [2.24, 2.45) is 28.6 Å². The highest BCUT2D eigenvalue weighted by molar-refractivity contribution is 6.01. The second kappa shape index (κ2) is 14.9. The minimum atomic E-state index is -0.0847. The summed E-state index contributed by atoms with van der Waals surface area (Å²) < 4.78 is 0. The number of hydrogen-bond acceptors (Lipinski definition) is 3. The lowest BCUT2D eigenvalue weighted by molar-refractivity contribution is -0.129. The average Bonchev–Trinajstić information content (AvgIpc) is 2.80. The van der Waals surface area contributed by atoms with E-state index in [9.17, 15) is 14.4 Å². The first-order chi connectivity index (χ1) is 18.6. The van der Waals surface area contributed by atoms with Gasteiger partial charge < -0.3 is 0 Å². The van der Waals surface area contributed by atoms with Gasteiger partial charge in [-0.2, -0.15) is 0 Å². The molecule has 0 N–H and O–H groups in total. The molecule has 3 heteroatoms. The summed E-state index contributed by atoms with van der Waals surface area (Å²) in [4.78, 5) is 38.6. The molecule has 40 heavy (non-hydrogen) atoms. The molecule has 0 aromatic heterocycles. The van der Waals surface area contributed by atoms with Gasteiger partial charge in [0.2, 0.25) is 0 Å². The molecule has 1 aromatic carbocycles. The summed E-state index contributed by atoms with van der Waals surface area (Å²) >= 11 is 0. The lowest BCUT2D eigenvalue weighted by Gasteiger charge is -2.33. The van der Waals surface area contributed by atoms with E-state index in [1.165, 1.54) is 42.0 Å². The van der Waals surface area contributed by atoms with Crippen molar-refractivity contribution >= 4 is 17.3 Å². The number of Topliss-reactive ketones (excluding diaryl/α,β-unsaturated/α-hetero) is 3. The van der Waals surface area contributed by atoms with Gasteiger partial charge in [0.1, 0.15) is 11.6 Å². The van der Waals surface area contributed by atoms with Gasteiger partial charge in [-0.15, -0.1) is 0 Å². The largest absolute Gasteiger partial charge is 0.300 e. The van der Waals surface area contributed by atoms with Gasteiger partial charge in [-0.25, -0.2) is 0 Å². The van der Waals surface area contributed by atoms with Crippen LogP contribution in [0.4, 0.5) is 0 Å². The molecule has 0 heterocycles. The summed E-state index contributed by atoms with van der Waals surface area (Å²) in [5.74, 6) is 0.769. The predicted octanol–water partition coefficient (Wildman–Crippen LogP) is 9.86. The van der Waals surface area contributed by atoms with Crippen molar-refractivity contribution in [1.82, 2.24) is 0 Å². The molecule has 0 aliphatic heterocycles. The summed E-state index contributed by atoms with van der Waals surface area (Å²) in [6, 6.07) is 2.45. The van der Waals surface area contributed by atoms with Crippen LogP contribution >= 0.6 is 0 Å². The second-order valence-corrected chi connectivity index (χ2v) is 15.3. The predicted molar refractivity (Wildman–Crippen MR) is 169 cm³/mol. The molecule has 1 aliphatic carbocycles. The zero-order chi connectivity index (χ0) is 30.3. The van der Waals surface area contributed by atoms with Crippen molar-refractivity contribution in [3.8, 4) is 0 Å². The Morgan fingerprint density at radius 3 is 2.00 bits per heavy atom. The van der Waals surface area contributed by atoms with E-state index < -0.39 is 0 Å². The van der Waals surface area contributed by atoms with Crippen LogP contribution in [0.25, 0.3) is 0 Å². The highest BCUT2D eigenvalue weighted by atomic mass is 16.1. The maximum atomic E-state index is 13.8. The summed E-state index contributed by atoms with van der Waals surface area (Å²) in [6.07, 6.45) is 11.9. The molecule has 3 atom stereocenters. The molecular weight excluding hydrogens is 492 g/mol. The zero-order valence-corrected chi connectivity index (χ0v) is 27.7. The summed E-state index contributed by atoms with van der Waals surface area (Å²) in [6.45, 7) is 21.8. The van der Waals surface area contributed by atoms with E-state index in [1.54, 1.807) is 0 Å². The van der Waals surface area contributed by atoms with Crippen LogP contribution in [0.5, 0.6) is 0 Å². The monoisotopic (exact) mass is 552 g/mol. The van der Waals surface area contributed by atoms with Gasteiger partial charge in [-0.05, 0) is 117 Å². The third-order valence-corrected chi connectivity index (χ3v) is 9.03. The van der Waals surface area contributed by atoms with Gasteiger partial charge in [0, 0.05) is 17.9 Å². The van der Waals surface area contributed by atoms with E-state index in [-0.39, 0.29) is 35.7 Å². The lowest BCUT2D eigenvalue weighted by atomic mass is 9.70. The molecule has 0 radical (unpaired) electrons. The molecule has 0 saturated heterocycles. The number of hydrogen-bond donors (Lipinski definition) is 0. The number of rotatable bonds is 15. The van der Waals surface area contributed by atoms with Crippen LogP contribution in [0, 0.1) is 35.5 Å². The van der Waals surface area contributed by atoms with E-state index in [4.69, 9.17) is 0 Å². The van der Waals surface area contributed by atoms with Gasteiger partial charge in [-0.3, -0.25) is 14.4 Å². The third-order valence-electron chi connectivity index (χ3n) is 9.03. The minimum absolute atomic E-state index is 0.0419. The Kier molecular flexibility index (Phi) is 12.8. The number of fused-ring (bicyclic) bond motifs is 1. The molecule has 0 bridgehead atoms. The van der Waals surface area contributed by atoms with Crippen molar-refractivity contribution in [3.05, 3.63) is 33.9 Å². The number of carbonyl (C=O) groups is 3. The molecule has 0 fully saturated rings. The molecule has 2 rings (SSSR count). The topological polar surface area (TPSA) is 51.2 Å². The van der Waals surface area contributed by atoms with Crippen LogP contribution in [-0.2, 0) is 28.9 Å². The number of carbonyl (C=O) groups excluding carboxylic acids is 3. The Bertz CT molecular complexity index is 1020. The van der Waals surface area contributed by atoms with Crippen molar-refractivity contribution in [2.45, 2.75) is 153 Å². The molecule has 3 unspecified atom stereocenters. The molecule has 0 amide bonds. The van der Waals surface area contributed by atoms with E-state index in [2.05, 4.69) is 68.4 Å². The van der Waals surface area contributed by atoms with E-state index in [0.29, 0.717) is 23.0 Å². The van der Waals surface area contributed by atoms with Crippen LogP contribution in [-0.4, -0.2) is 17.3 Å². The van der Waals surface area contributed by atoms with Gasteiger partial charge in [0.25, 0.3) is 0 Å². The number of benzene rings is 1. The Labute approximate surface area is 246 Å². The molecule has 1 aliphatic rings. The Morgan fingerprint density at radius 2 is 1.50 bits per heavy atom. The fraction of sp³-hybridized carbons (Fsp3) is 0.757. The van der Waals surface area contributed by atoms with E-state index in [1.807, 2.05) is 0 Å². The van der Waals surface area contributed by atoms with Crippen LogP contribution < -0.4 is 0 Å². The fourth-order valence-corrected chi connectivity index (χ4v) is 7.04. The van der Waals surface area contributed by atoms with Crippen LogP contribution in [0.1, 0.15) is 159 Å². The summed E-state index contributed by atoms with van der Waals surface area (Å²) in [5, 5.41) is 0. The Balaban J connectivity index is 2.39. The Morgan fingerprint density at radius 1 is 0.925 bits per heavy atom. The van der Waals surface area contributed by atoms with Gasteiger partial charge in [0.15, 0.2) is 5.78 Å². The molecule has 3 nitrogen and oxygen atoms in total. The van der Waals surface area contributed by atoms with Crippen molar-refractivity contribution in [3.63, 3.8) is 0 Å². The third kappa shape index (κ3) is 10.6. The minimum Gasteiger partial charge on any atom is -0.300 e. The Hall–Kier alpha value is -1.77. The first-order valence-corrected chi connectivity index (χ1v) is 16.3. The zero-order valence-electron chi connectivity index (χ0n) is 27.7. The fourth-order valence-electron chi connectivity index (χ4n) is 7.04. The van der Waals surface area contributed by atoms with Gasteiger partial charge in [0.05, 0.1) is 6.42 Å². The van der Waals surface area contributed by atoms with E-state index >= 15 is 0 Å². The second-order valence-electron chi connectivity index (χ2n) is 15.3. The smallest absolute Gasteiger partial charge is 0.163 e. The highest BCUT2D eigenvalue weighted by Gasteiger charge is 2.34. The van der Waals surface area contributed by atoms with E-state index in [0.717, 1.165) is 63.4 Å². The van der Waals surface area contributed by atoms with Crippen LogP contribution in [0.15, 0.2) is 6.07 Å². The maximum Gasteiger partial charge on any atom is 0.163 e. The average molecular weight is 553 g/mol. The molecular formula is C37H60O3. The van der Waals surface area contributed by atoms with Gasteiger partial charge in [-0.1, -0.05) is 74.3 Å². The first-order valence-electron chi connectivity index (χ1n) is 16.3.